The molecular weight excluding hydrogens is 350 g/mol. The first-order valence-corrected chi connectivity index (χ1v) is 9.24. The van der Waals surface area contributed by atoms with Crippen LogP contribution in [0, 0.1) is 5.92 Å². The second-order valence-electron chi connectivity index (χ2n) is 5.61. The lowest BCUT2D eigenvalue weighted by atomic mass is 10.2. The third-order valence-corrected chi connectivity index (χ3v) is 4.76. The predicted octanol–water partition coefficient (Wildman–Crippen LogP) is 3.61. The maximum absolute atomic E-state index is 12.5. The molecule has 1 aromatic heterocycles. The van der Waals surface area contributed by atoms with E-state index in [9.17, 15) is 8.42 Å². The molecule has 1 heterocycles. The van der Waals surface area contributed by atoms with E-state index < -0.39 is 10.0 Å². The smallest absolute Gasteiger partial charge is 0.265 e. The average Bonchev–Trinajstić information content (AvgIpc) is 2.54. The normalized spacial score (nSPS) is 11.4. The summed E-state index contributed by atoms with van der Waals surface area (Å²) in [6.45, 7) is 4.97. The minimum absolute atomic E-state index is 0.0282. The van der Waals surface area contributed by atoms with E-state index in [4.69, 9.17) is 16.3 Å². The van der Waals surface area contributed by atoms with E-state index in [1.54, 1.807) is 18.2 Å². The molecular formula is C16H20ClN3O3S. The van der Waals surface area contributed by atoms with Crippen molar-refractivity contribution in [2.24, 2.45) is 5.92 Å². The van der Waals surface area contributed by atoms with Crippen molar-refractivity contribution in [1.82, 2.24) is 4.98 Å². The average molecular weight is 370 g/mol. The van der Waals surface area contributed by atoms with E-state index >= 15 is 0 Å². The summed E-state index contributed by atoms with van der Waals surface area (Å²) in [5, 5.41) is 3.47. The molecule has 0 fully saturated rings. The molecule has 2 N–H and O–H groups in total. The van der Waals surface area contributed by atoms with Gasteiger partial charge in [-0.3, -0.25) is 4.72 Å². The van der Waals surface area contributed by atoms with Gasteiger partial charge in [-0.15, -0.1) is 0 Å². The highest BCUT2D eigenvalue weighted by atomic mass is 35.5. The number of aromatic nitrogens is 1. The molecule has 0 aliphatic heterocycles. The Bertz CT molecular complexity index is 793. The van der Waals surface area contributed by atoms with Gasteiger partial charge in [-0.1, -0.05) is 25.4 Å². The molecule has 0 saturated carbocycles. The molecule has 6 nitrogen and oxygen atoms in total. The molecule has 0 aliphatic carbocycles. The third kappa shape index (κ3) is 4.75. The zero-order valence-electron chi connectivity index (χ0n) is 13.7. The first-order valence-electron chi connectivity index (χ1n) is 7.38. The van der Waals surface area contributed by atoms with Crippen molar-refractivity contribution < 1.29 is 13.2 Å². The quantitative estimate of drug-likeness (QED) is 0.779. The van der Waals surface area contributed by atoms with Crippen LogP contribution in [0.25, 0.3) is 0 Å². The van der Waals surface area contributed by atoms with Gasteiger partial charge in [0.15, 0.2) is 0 Å². The highest BCUT2D eigenvalue weighted by Gasteiger charge is 2.20. The molecule has 130 valence electrons. The first kappa shape index (κ1) is 18.4. The Morgan fingerprint density at radius 3 is 2.58 bits per heavy atom. The van der Waals surface area contributed by atoms with E-state index in [0.717, 1.165) is 6.54 Å². The second kappa shape index (κ2) is 7.72. The lowest BCUT2D eigenvalue weighted by Crippen LogP contribution is -2.14. The summed E-state index contributed by atoms with van der Waals surface area (Å²) in [5.74, 6) is 1.39. The Balaban J connectivity index is 2.19. The van der Waals surface area contributed by atoms with E-state index in [1.165, 1.54) is 25.4 Å². The number of nitrogens with zero attached hydrogens (tertiary/aromatic N) is 1. The molecule has 0 amide bonds. The van der Waals surface area contributed by atoms with Gasteiger partial charge < -0.3 is 10.1 Å². The largest absolute Gasteiger partial charge is 0.495 e. The number of benzene rings is 1. The van der Waals surface area contributed by atoms with Crippen LogP contribution in [0.5, 0.6) is 5.75 Å². The van der Waals surface area contributed by atoms with Crippen LogP contribution < -0.4 is 14.8 Å². The van der Waals surface area contributed by atoms with Crippen molar-refractivity contribution >= 4 is 33.1 Å². The van der Waals surface area contributed by atoms with Crippen molar-refractivity contribution in [3.63, 3.8) is 0 Å². The Labute approximate surface area is 147 Å². The molecule has 0 atom stereocenters. The van der Waals surface area contributed by atoms with Crippen LogP contribution in [-0.4, -0.2) is 27.1 Å². The van der Waals surface area contributed by atoms with Gasteiger partial charge in [0.25, 0.3) is 10.0 Å². The van der Waals surface area contributed by atoms with Crippen molar-refractivity contribution in [2.45, 2.75) is 18.7 Å². The zero-order valence-corrected chi connectivity index (χ0v) is 15.3. The number of ether oxygens (including phenoxy) is 1. The van der Waals surface area contributed by atoms with Crippen molar-refractivity contribution in [2.75, 3.05) is 23.7 Å². The lowest BCUT2D eigenvalue weighted by Gasteiger charge is -2.12. The highest BCUT2D eigenvalue weighted by molar-refractivity contribution is 7.92. The summed E-state index contributed by atoms with van der Waals surface area (Å²) >= 11 is 5.90. The molecule has 24 heavy (non-hydrogen) atoms. The molecule has 0 unspecified atom stereocenters. The SMILES string of the molecule is COc1ccc(Cl)cc1S(=O)(=O)Nc1ccc(NCC(C)C)nc1. The number of hydrogen-bond donors (Lipinski definition) is 2. The molecule has 2 aromatic rings. The molecule has 0 spiro atoms. The molecule has 0 saturated heterocycles. The summed E-state index contributed by atoms with van der Waals surface area (Å²) in [6.07, 6.45) is 1.46. The Morgan fingerprint density at radius 2 is 2.00 bits per heavy atom. The van der Waals surface area contributed by atoms with Gasteiger partial charge in [-0.2, -0.15) is 0 Å². The Morgan fingerprint density at radius 1 is 1.25 bits per heavy atom. The summed E-state index contributed by atoms with van der Waals surface area (Å²) in [5.41, 5.74) is 0.354. The van der Waals surface area contributed by atoms with Crippen LogP contribution in [0.3, 0.4) is 0 Å². The second-order valence-corrected chi connectivity index (χ2v) is 7.69. The number of nitrogens with one attached hydrogen (secondary N) is 2. The van der Waals surface area contributed by atoms with Crippen LogP contribution in [0.15, 0.2) is 41.4 Å². The predicted molar refractivity (Wildman–Crippen MR) is 96.4 cm³/mol. The van der Waals surface area contributed by atoms with Gasteiger partial charge in [-0.05, 0) is 36.2 Å². The number of anilines is 2. The number of methoxy groups -OCH3 is 1. The summed E-state index contributed by atoms with van der Waals surface area (Å²) < 4.78 is 32.6. The van der Waals surface area contributed by atoms with Crippen molar-refractivity contribution in [3.8, 4) is 5.75 Å². The topological polar surface area (TPSA) is 80.3 Å². The number of hydrogen-bond acceptors (Lipinski definition) is 5. The fourth-order valence-corrected chi connectivity index (χ4v) is 3.41. The maximum atomic E-state index is 12.5. The third-order valence-electron chi connectivity index (χ3n) is 3.12. The molecule has 1 aromatic carbocycles. The molecule has 2 rings (SSSR count). The Kier molecular flexibility index (Phi) is 5.90. The Hall–Kier alpha value is -1.99. The minimum atomic E-state index is -3.84. The molecule has 0 radical (unpaired) electrons. The van der Waals surface area contributed by atoms with Crippen LogP contribution in [0.1, 0.15) is 13.8 Å². The summed E-state index contributed by atoms with van der Waals surface area (Å²) in [6, 6.07) is 7.78. The number of rotatable bonds is 7. The monoisotopic (exact) mass is 369 g/mol. The molecule has 0 bridgehead atoms. The fourth-order valence-electron chi connectivity index (χ4n) is 1.94. The van der Waals surface area contributed by atoms with Gasteiger partial charge in [0.2, 0.25) is 0 Å². The van der Waals surface area contributed by atoms with E-state index in [-0.39, 0.29) is 10.6 Å². The first-order chi connectivity index (χ1) is 11.3. The number of halogens is 1. The zero-order chi connectivity index (χ0) is 17.7. The van der Waals surface area contributed by atoms with E-state index in [1.807, 2.05) is 0 Å². The standard InChI is InChI=1S/C16H20ClN3O3S/c1-11(2)9-18-16-7-5-13(10-19-16)20-24(21,22)15-8-12(17)4-6-14(15)23-3/h4-8,10-11,20H,9H2,1-3H3,(H,18,19). The van der Waals surface area contributed by atoms with Gasteiger partial charge in [0.1, 0.15) is 16.5 Å². The number of sulfonamides is 1. The molecule has 8 heteroatoms. The van der Waals surface area contributed by atoms with Crippen LogP contribution in [0.2, 0.25) is 5.02 Å². The minimum Gasteiger partial charge on any atom is -0.495 e. The highest BCUT2D eigenvalue weighted by Crippen LogP contribution is 2.28. The van der Waals surface area contributed by atoms with Gasteiger partial charge in [0.05, 0.1) is 19.0 Å². The number of pyridine rings is 1. The fraction of sp³-hybridized carbons (Fsp3) is 0.312. The van der Waals surface area contributed by atoms with Crippen molar-refractivity contribution in [1.29, 1.82) is 0 Å². The summed E-state index contributed by atoms with van der Waals surface area (Å²) in [7, 11) is -2.44. The maximum Gasteiger partial charge on any atom is 0.265 e. The van der Waals surface area contributed by atoms with Crippen LogP contribution in [-0.2, 0) is 10.0 Å². The van der Waals surface area contributed by atoms with E-state index in [0.29, 0.717) is 22.4 Å². The van der Waals surface area contributed by atoms with E-state index in [2.05, 4.69) is 28.9 Å². The summed E-state index contributed by atoms with van der Waals surface area (Å²) in [4.78, 5) is 4.17. The van der Waals surface area contributed by atoms with Gasteiger partial charge in [0, 0.05) is 11.6 Å². The van der Waals surface area contributed by atoms with Gasteiger partial charge in [-0.25, -0.2) is 13.4 Å². The van der Waals surface area contributed by atoms with Gasteiger partial charge >= 0.3 is 0 Å². The lowest BCUT2D eigenvalue weighted by molar-refractivity contribution is 0.403. The van der Waals surface area contributed by atoms with Crippen molar-refractivity contribution in [3.05, 3.63) is 41.6 Å². The van der Waals surface area contributed by atoms with Crippen LogP contribution in [0.4, 0.5) is 11.5 Å². The van der Waals surface area contributed by atoms with Crippen LogP contribution >= 0.6 is 11.6 Å². The molecule has 0 aliphatic rings.